The molecule has 0 unspecified atom stereocenters. The second-order valence-corrected chi connectivity index (χ2v) is 12.3. The number of hydrogen-bond acceptors (Lipinski definition) is 5. The summed E-state index contributed by atoms with van der Waals surface area (Å²) < 4.78 is 30.6. The fourth-order valence-electron chi connectivity index (χ4n) is 4.40. The second-order valence-electron chi connectivity index (χ2n) is 8.50. The Balaban J connectivity index is 1.38. The normalized spacial score (nSPS) is 15.1. The van der Waals surface area contributed by atoms with E-state index in [1.165, 1.54) is 4.31 Å². The Morgan fingerprint density at radius 3 is 2.43 bits per heavy atom. The molecule has 2 heterocycles. The summed E-state index contributed by atoms with van der Waals surface area (Å²) in [7, 11) is -3.69. The Morgan fingerprint density at radius 2 is 1.69 bits per heavy atom. The Hall–Kier alpha value is -2.36. The molecule has 0 amide bonds. The van der Waals surface area contributed by atoms with Crippen LogP contribution in [0, 0.1) is 6.92 Å². The largest absolute Gasteiger partial charge is 0.369 e. The predicted octanol–water partition coefficient (Wildman–Crippen LogP) is 5.24. The maximum atomic E-state index is 13.4. The number of fused-ring (bicyclic) bond motifs is 1. The first kappa shape index (κ1) is 24.3. The Labute approximate surface area is 218 Å². The Kier molecular flexibility index (Phi) is 6.67. The summed E-state index contributed by atoms with van der Waals surface area (Å²) in [6, 6.07) is 18.0. The minimum Gasteiger partial charge on any atom is -0.369 e. The summed E-state index contributed by atoms with van der Waals surface area (Å²) >= 11 is 13.5. The number of aryl methyl sites for hydroxylation is 1. The van der Waals surface area contributed by atoms with Crippen molar-refractivity contribution in [1.82, 2.24) is 8.87 Å². The fourth-order valence-corrected chi connectivity index (χ4v) is 7.21. The average Bonchev–Trinajstić information content (AvgIpc) is 3.16. The zero-order valence-corrected chi connectivity index (χ0v) is 22.1. The molecule has 0 bridgehead atoms. The van der Waals surface area contributed by atoms with Crippen molar-refractivity contribution in [3.63, 3.8) is 0 Å². The van der Waals surface area contributed by atoms with Crippen LogP contribution < -0.4 is 9.77 Å². The van der Waals surface area contributed by atoms with Crippen molar-refractivity contribution in [3.05, 3.63) is 91.5 Å². The molecule has 5 rings (SSSR count). The summed E-state index contributed by atoms with van der Waals surface area (Å²) in [5.74, 6) is 0. The van der Waals surface area contributed by atoms with Crippen LogP contribution in [-0.4, -0.2) is 43.5 Å². The van der Waals surface area contributed by atoms with Crippen molar-refractivity contribution in [2.75, 3.05) is 31.1 Å². The smallest absolute Gasteiger partial charge is 0.308 e. The van der Waals surface area contributed by atoms with Gasteiger partial charge in [-0.25, -0.2) is 8.42 Å². The van der Waals surface area contributed by atoms with E-state index in [9.17, 15) is 13.2 Å². The number of sulfonamides is 1. The van der Waals surface area contributed by atoms with E-state index in [0.29, 0.717) is 53.0 Å². The highest BCUT2D eigenvalue weighted by Crippen LogP contribution is 2.29. The van der Waals surface area contributed by atoms with Gasteiger partial charge in [-0.3, -0.25) is 9.36 Å². The van der Waals surface area contributed by atoms with Gasteiger partial charge >= 0.3 is 4.87 Å². The van der Waals surface area contributed by atoms with Gasteiger partial charge in [-0.05, 0) is 54.4 Å². The molecule has 182 valence electrons. The van der Waals surface area contributed by atoms with Crippen LogP contribution >= 0.6 is 34.5 Å². The van der Waals surface area contributed by atoms with Gasteiger partial charge in [-0.15, -0.1) is 0 Å². The molecule has 1 saturated heterocycles. The van der Waals surface area contributed by atoms with Gasteiger partial charge in [-0.2, -0.15) is 4.31 Å². The van der Waals surface area contributed by atoms with E-state index >= 15 is 0 Å². The predicted molar refractivity (Wildman–Crippen MR) is 144 cm³/mol. The Morgan fingerprint density at radius 1 is 0.943 bits per heavy atom. The van der Waals surface area contributed by atoms with Gasteiger partial charge in [0.25, 0.3) is 0 Å². The lowest BCUT2D eigenvalue weighted by molar-refractivity contribution is 0.385. The van der Waals surface area contributed by atoms with E-state index in [4.69, 9.17) is 23.2 Å². The van der Waals surface area contributed by atoms with Gasteiger partial charge in [-0.1, -0.05) is 58.8 Å². The van der Waals surface area contributed by atoms with Gasteiger partial charge < -0.3 is 4.90 Å². The van der Waals surface area contributed by atoms with Crippen LogP contribution in [0.3, 0.4) is 0 Å². The summed E-state index contributed by atoms with van der Waals surface area (Å²) in [5, 5.41) is 1.25. The zero-order chi connectivity index (χ0) is 24.7. The van der Waals surface area contributed by atoms with Crippen LogP contribution in [-0.2, 0) is 16.6 Å². The molecule has 1 aromatic heterocycles. The summed E-state index contributed by atoms with van der Waals surface area (Å²) in [4.78, 5) is 14.9. The summed E-state index contributed by atoms with van der Waals surface area (Å²) in [6.45, 7) is 4.24. The third-order valence-electron chi connectivity index (χ3n) is 6.31. The van der Waals surface area contributed by atoms with E-state index in [0.717, 1.165) is 28.2 Å². The fraction of sp³-hybridized carbons (Fsp3) is 0.240. The molecule has 4 aromatic rings. The number of benzene rings is 3. The van der Waals surface area contributed by atoms with Gasteiger partial charge in [0.1, 0.15) is 0 Å². The molecule has 10 heteroatoms. The number of rotatable bonds is 5. The van der Waals surface area contributed by atoms with Crippen LogP contribution in [0.2, 0.25) is 10.0 Å². The lowest BCUT2D eigenvalue weighted by atomic mass is 10.1. The van der Waals surface area contributed by atoms with Gasteiger partial charge in [0.05, 0.1) is 21.7 Å². The average molecular weight is 549 g/mol. The van der Waals surface area contributed by atoms with Crippen molar-refractivity contribution in [3.8, 4) is 0 Å². The van der Waals surface area contributed by atoms with Crippen LogP contribution in [0.25, 0.3) is 10.2 Å². The maximum Gasteiger partial charge on any atom is 0.308 e. The molecule has 1 aliphatic heterocycles. The first-order valence-corrected chi connectivity index (χ1v) is 14.1. The highest BCUT2D eigenvalue weighted by molar-refractivity contribution is 7.89. The van der Waals surface area contributed by atoms with Crippen LogP contribution in [0.4, 0.5) is 5.69 Å². The number of thiazole rings is 1. The van der Waals surface area contributed by atoms with Crippen molar-refractivity contribution in [2.45, 2.75) is 18.4 Å². The molecule has 0 aliphatic carbocycles. The summed E-state index contributed by atoms with van der Waals surface area (Å²) in [5.41, 5.74) is 3.66. The lowest BCUT2D eigenvalue weighted by Gasteiger charge is -2.36. The SMILES string of the molecule is Cc1ccc(Cl)cc1N1CCN(S(=O)(=O)c2ccc3c(c2)sc(=O)n3Cc2ccccc2Cl)CC1. The summed E-state index contributed by atoms with van der Waals surface area (Å²) in [6.07, 6.45) is 0. The zero-order valence-electron chi connectivity index (χ0n) is 18.9. The molecule has 6 nitrogen and oxygen atoms in total. The lowest BCUT2D eigenvalue weighted by Crippen LogP contribution is -2.48. The minimum atomic E-state index is -3.69. The highest BCUT2D eigenvalue weighted by Gasteiger charge is 2.29. The minimum absolute atomic E-state index is 0.153. The first-order valence-electron chi connectivity index (χ1n) is 11.1. The number of halogens is 2. The van der Waals surface area contributed by atoms with Gasteiger partial charge in [0, 0.05) is 41.9 Å². The van der Waals surface area contributed by atoms with E-state index in [1.807, 2.05) is 43.3 Å². The third kappa shape index (κ3) is 4.73. The molecular formula is C25H23Cl2N3O3S2. The highest BCUT2D eigenvalue weighted by atomic mass is 35.5. The number of piperazine rings is 1. The Bertz CT molecular complexity index is 1570. The molecule has 3 aromatic carbocycles. The van der Waals surface area contributed by atoms with Crippen molar-refractivity contribution in [1.29, 1.82) is 0 Å². The molecule has 0 atom stereocenters. The van der Waals surface area contributed by atoms with E-state index in [2.05, 4.69) is 4.90 Å². The number of hydrogen-bond donors (Lipinski definition) is 0. The van der Waals surface area contributed by atoms with E-state index in [1.54, 1.807) is 28.8 Å². The van der Waals surface area contributed by atoms with Crippen LogP contribution in [0.1, 0.15) is 11.1 Å². The van der Waals surface area contributed by atoms with E-state index in [-0.39, 0.29) is 9.77 Å². The molecule has 0 spiro atoms. The topological polar surface area (TPSA) is 62.6 Å². The third-order valence-corrected chi connectivity index (χ3v) is 9.75. The monoisotopic (exact) mass is 547 g/mol. The number of aromatic nitrogens is 1. The van der Waals surface area contributed by atoms with Crippen LogP contribution in [0.15, 0.2) is 70.4 Å². The standard InChI is InChI=1S/C25H23Cl2N3O3S2/c1-17-6-7-19(26)14-23(17)28-10-12-29(13-11-28)35(32,33)20-8-9-22-24(15-20)34-25(31)30(22)16-18-4-2-3-5-21(18)27/h2-9,14-15H,10-13,16H2,1H3. The number of anilines is 1. The molecule has 0 radical (unpaired) electrons. The van der Waals surface area contributed by atoms with E-state index < -0.39 is 10.0 Å². The molecule has 1 aliphatic rings. The molecule has 0 saturated carbocycles. The maximum absolute atomic E-state index is 13.4. The second kappa shape index (κ2) is 9.59. The van der Waals surface area contributed by atoms with Crippen molar-refractivity contribution < 1.29 is 8.42 Å². The van der Waals surface area contributed by atoms with Crippen molar-refractivity contribution >= 4 is 60.5 Å². The molecule has 0 N–H and O–H groups in total. The van der Waals surface area contributed by atoms with Crippen molar-refractivity contribution in [2.24, 2.45) is 0 Å². The van der Waals surface area contributed by atoms with Gasteiger partial charge in [0.15, 0.2) is 0 Å². The molecule has 35 heavy (non-hydrogen) atoms. The number of nitrogens with zero attached hydrogens (tertiary/aromatic N) is 3. The molecular weight excluding hydrogens is 525 g/mol. The van der Waals surface area contributed by atoms with Crippen LogP contribution in [0.5, 0.6) is 0 Å². The first-order chi connectivity index (χ1) is 16.7. The van der Waals surface area contributed by atoms with Gasteiger partial charge in [0.2, 0.25) is 10.0 Å². The molecule has 1 fully saturated rings. The quantitative estimate of drug-likeness (QED) is 0.343.